The smallest absolute Gasteiger partial charge is 0.265 e. The number of H-pyrrole nitrogens is 1. The van der Waals surface area contributed by atoms with Crippen molar-refractivity contribution in [1.82, 2.24) is 15.2 Å². The zero-order valence-corrected chi connectivity index (χ0v) is 5.60. The fourth-order valence-corrected chi connectivity index (χ4v) is 1.29. The quantitative estimate of drug-likeness (QED) is 0.585. The summed E-state index contributed by atoms with van der Waals surface area (Å²) >= 11 is 1.35. The van der Waals surface area contributed by atoms with Crippen LogP contribution in [0.4, 0.5) is 0 Å². The zero-order valence-electron chi connectivity index (χ0n) is 4.79. The van der Waals surface area contributed by atoms with Crippen molar-refractivity contribution >= 4 is 21.6 Å². The van der Waals surface area contributed by atoms with Gasteiger partial charge in [0.25, 0.3) is 5.56 Å². The molecule has 0 unspecified atom stereocenters. The van der Waals surface area contributed by atoms with Gasteiger partial charge < -0.3 is 0 Å². The summed E-state index contributed by atoms with van der Waals surface area (Å²) in [4.78, 5) is 14.7. The molecule has 0 bridgehead atoms. The highest BCUT2D eigenvalue weighted by Crippen LogP contribution is 2.09. The molecule has 0 aliphatic carbocycles. The lowest BCUT2D eigenvalue weighted by molar-refractivity contribution is 1.00. The van der Waals surface area contributed by atoms with Gasteiger partial charge in [0.1, 0.15) is 11.7 Å². The highest BCUT2D eigenvalue weighted by Gasteiger charge is 1.99. The van der Waals surface area contributed by atoms with E-state index in [1.54, 1.807) is 5.51 Å². The SMILES string of the molecule is O=c1[nH]n[c]c2scnc12. The first-order valence-corrected chi connectivity index (χ1v) is 3.45. The fraction of sp³-hybridized carbons (Fsp3) is 0. The van der Waals surface area contributed by atoms with Crippen LogP contribution < -0.4 is 5.56 Å². The summed E-state index contributed by atoms with van der Waals surface area (Å²) < 4.78 is 0.698. The number of fused-ring (bicyclic) bond motifs is 1. The number of aromatic nitrogens is 3. The third kappa shape index (κ3) is 0.640. The van der Waals surface area contributed by atoms with Crippen LogP contribution in [0, 0.1) is 6.20 Å². The number of rotatable bonds is 0. The Morgan fingerprint density at radius 1 is 1.70 bits per heavy atom. The summed E-state index contributed by atoms with van der Waals surface area (Å²) in [6, 6.07) is 0. The van der Waals surface area contributed by atoms with Crippen LogP contribution >= 0.6 is 11.3 Å². The van der Waals surface area contributed by atoms with Gasteiger partial charge in [-0.3, -0.25) is 4.79 Å². The number of hydrogen-bond donors (Lipinski definition) is 1. The molecule has 0 aromatic carbocycles. The molecule has 2 aromatic heterocycles. The van der Waals surface area contributed by atoms with Crippen LogP contribution in [-0.2, 0) is 0 Å². The van der Waals surface area contributed by atoms with Gasteiger partial charge >= 0.3 is 0 Å². The molecule has 0 spiro atoms. The first-order valence-electron chi connectivity index (χ1n) is 2.57. The summed E-state index contributed by atoms with van der Waals surface area (Å²) in [6.07, 6.45) is 2.62. The van der Waals surface area contributed by atoms with E-state index < -0.39 is 0 Å². The van der Waals surface area contributed by atoms with Gasteiger partial charge in [-0.2, -0.15) is 5.10 Å². The molecule has 0 fully saturated rings. The van der Waals surface area contributed by atoms with Crippen molar-refractivity contribution in [2.45, 2.75) is 0 Å². The Morgan fingerprint density at radius 2 is 2.60 bits per heavy atom. The molecule has 0 aliphatic heterocycles. The largest absolute Gasteiger partial charge is 0.291 e. The van der Waals surface area contributed by atoms with E-state index in [0.717, 1.165) is 0 Å². The van der Waals surface area contributed by atoms with E-state index in [1.165, 1.54) is 11.3 Å². The molecular formula is C5H2N3OS. The highest BCUT2D eigenvalue weighted by molar-refractivity contribution is 7.16. The van der Waals surface area contributed by atoms with Crippen LogP contribution in [0.15, 0.2) is 10.3 Å². The van der Waals surface area contributed by atoms with Gasteiger partial charge in [0.05, 0.1) is 10.2 Å². The Kier molecular flexibility index (Phi) is 1.04. The molecule has 0 atom stereocenters. The average molecular weight is 152 g/mol. The first-order chi connectivity index (χ1) is 4.88. The lowest BCUT2D eigenvalue weighted by Gasteiger charge is -1.79. The summed E-state index contributed by atoms with van der Waals surface area (Å²) in [5, 5.41) is 5.74. The minimum Gasteiger partial charge on any atom is -0.265 e. The molecule has 2 rings (SSSR count). The average Bonchev–Trinajstić information content (AvgIpc) is 2.36. The Bertz CT molecular complexity index is 404. The molecule has 5 heteroatoms. The summed E-state index contributed by atoms with van der Waals surface area (Å²) in [6.45, 7) is 0. The standard InChI is InChI=1S/C5H2N3OS/c9-5-4-3(1-7-8-5)10-2-6-4/h2H,(H,8,9). The second kappa shape index (κ2) is 1.88. The molecule has 0 saturated carbocycles. The molecule has 4 nitrogen and oxygen atoms in total. The number of thiazole rings is 1. The second-order valence-corrected chi connectivity index (χ2v) is 2.55. The van der Waals surface area contributed by atoms with Crippen molar-refractivity contribution in [3.8, 4) is 0 Å². The summed E-state index contributed by atoms with van der Waals surface area (Å²) in [5.41, 5.74) is 1.76. The van der Waals surface area contributed by atoms with Crippen LogP contribution in [-0.4, -0.2) is 15.2 Å². The van der Waals surface area contributed by atoms with Gasteiger partial charge in [-0.1, -0.05) is 0 Å². The lowest BCUT2D eigenvalue weighted by Crippen LogP contribution is -2.06. The first kappa shape index (κ1) is 5.55. The van der Waals surface area contributed by atoms with Crippen LogP contribution in [0.3, 0.4) is 0 Å². The van der Waals surface area contributed by atoms with Gasteiger partial charge in [-0.05, 0) is 0 Å². The van der Waals surface area contributed by atoms with Gasteiger partial charge in [0.15, 0.2) is 0 Å². The maximum Gasteiger partial charge on any atom is 0.291 e. The molecule has 10 heavy (non-hydrogen) atoms. The number of hydrogen-bond acceptors (Lipinski definition) is 4. The summed E-state index contributed by atoms with van der Waals surface area (Å²) in [7, 11) is 0. The predicted molar refractivity (Wildman–Crippen MR) is 36.9 cm³/mol. The monoisotopic (exact) mass is 152 g/mol. The van der Waals surface area contributed by atoms with Crippen molar-refractivity contribution in [2.24, 2.45) is 0 Å². The van der Waals surface area contributed by atoms with E-state index in [2.05, 4.69) is 21.4 Å². The Hall–Kier alpha value is -1.23. The minimum atomic E-state index is -0.255. The number of nitrogens with one attached hydrogen (secondary N) is 1. The van der Waals surface area contributed by atoms with E-state index >= 15 is 0 Å². The molecular weight excluding hydrogens is 150 g/mol. The Balaban J connectivity index is 3.09. The van der Waals surface area contributed by atoms with Gasteiger partial charge in [0.2, 0.25) is 0 Å². The van der Waals surface area contributed by atoms with Crippen molar-refractivity contribution < 1.29 is 0 Å². The highest BCUT2D eigenvalue weighted by atomic mass is 32.1. The maximum absolute atomic E-state index is 10.8. The van der Waals surface area contributed by atoms with Crippen molar-refractivity contribution in [3.63, 3.8) is 0 Å². The fourth-order valence-electron chi connectivity index (χ4n) is 0.670. The second-order valence-electron chi connectivity index (χ2n) is 1.69. The molecule has 2 heterocycles. The van der Waals surface area contributed by atoms with Gasteiger partial charge in [-0.25, -0.2) is 10.1 Å². The number of aromatic amines is 1. The normalized spacial score (nSPS) is 10.4. The molecule has 2 aromatic rings. The van der Waals surface area contributed by atoms with Crippen molar-refractivity contribution in [1.29, 1.82) is 0 Å². The van der Waals surface area contributed by atoms with Crippen LogP contribution in [0.2, 0.25) is 0 Å². The molecule has 1 N–H and O–H groups in total. The molecule has 0 saturated heterocycles. The molecule has 0 aliphatic rings. The molecule has 49 valence electrons. The Morgan fingerprint density at radius 3 is 3.40 bits per heavy atom. The van der Waals surface area contributed by atoms with E-state index in [-0.39, 0.29) is 5.56 Å². The van der Waals surface area contributed by atoms with E-state index in [9.17, 15) is 4.79 Å². The summed E-state index contributed by atoms with van der Waals surface area (Å²) in [5.74, 6) is 0. The number of nitrogens with zero attached hydrogens (tertiary/aromatic N) is 2. The Labute approximate surface area is 59.5 Å². The lowest BCUT2D eigenvalue weighted by atomic mass is 10.5. The van der Waals surface area contributed by atoms with Crippen LogP contribution in [0.5, 0.6) is 0 Å². The molecule has 0 amide bonds. The maximum atomic E-state index is 10.8. The van der Waals surface area contributed by atoms with E-state index in [0.29, 0.717) is 10.2 Å². The van der Waals surface area contributed by atoms with E-state index in [1.807, 2.05) is 0 Å². The van der Waals surface area contributed by atoms with Crippen LogP contribution in [0.25, 0.3) is 10.2 Å². The van der Waals surface area contributed by atoms with E-state index in [4.69, 9.17) is 0 Å². The van der Waals surface area contributed by atoms with Gasteiger partial charge in [0, 0.05) is 0 Å². The van der Waals surface area contributed by atoms with Gasteiger partial charge in [-0.15, -0.1) is 11.3 Å². The zero-order chi connectivity index (χ0) is 6.97. The van der Waals surface area contributed by atoms with Crippen LogP contribution in [0.1, 0.15) is 0 Å². The minimum absolute atomic E-state index is 0.255. The molecule has 1 radical (unpaired) electrons. The van der Waals surface area contributed by atoms with Crippen molar-refractivity contribution in [3.05, 3.63) is 22.1 Å². The third-order valence-corrected chi connectivity index (χ3v) is 1.83. The predicted octanol–water partition coefficient (Wildman–Crippen LogP) is 0.180. The third-order valence-electron chi connectivity index (χ3n) is 1.10. The van der Waals surface area contributed by atoms with Crippen molar-refractivity contribution in [2.75, 3.05) is 0 Å². The topological polar surface area (TPSA) is 58.6 Å².